The Morgan fingerprint density at radius 1 is 1.35 bits per heavy atom. The molecular weight excluding hydrogens is 240 g/mol. The quantitative estimate of drug-likeness (QED) is 0.620. The van der Waals surface area contributed by atoms with Crippen molar-refractivity contribution in [2.45, 2.75) is 6.92 Å². The highest BCUT2D eigenvalue weighted by molar-refractivity contribution is 6.18. The minimum absolute atomic E-state index is 0.287. The molecule has 0 N–H and O–H groups in total. The third-order valence-corrected chi connectivity index (χ3v) is 2.92. The second kappa shape index (κ2) is 5.23. The molecule has 0 spiro atoms. The fraction of sp³-hybridized carbons (Fsp3) is 0.308. The minimum atomic E-state index is -0.358. The highest BCUT2D eigenvalue weighted by Crippen LogP contribution is 2.20. The summed E-state index contributed by atoms with van der Waals surface area (Å²) >= 11 is 5.69. The van der Waals surface area contributed by atoms with Gasteiger partial charge in [0, 0.05) is 29.3 Å². The third-order valence-electron chi connectivity index (χ3n) is 2.39. The van der Waals surface area contributed by atoms with E-state index < -0.39 is 0 Å². The standard InChI is InChI=1S/C13H13ClO3/c1-9(7-14)8-16-11-4-2-10-3-5-13(15)17-12(10)6-11/h2-6,9H,7-8H2,1H3. The fourth-order valence-corrected chi connectivity index (χ4v) is 1.50. The van der Waals surface area contributed by atoms with Gasteiger partial charge in [0.1, 0.15) is 11.3 Å². The predicted molar refractivity (Wildman–Crippen MR) is 67.9 cm³/mol. The van der Waals surface area contributed by atoms with E-state index in [1.807, 2.05) is 19.1 Å². The van der Waals surface area contributed by atoms with Crippen LogP contribution in [-0.2, 0) is 0 Å². The van der Waals surface area contributed by atoms with E-state index in [0.717, 1.165) is 5.39 Å². The Balaban J connectivity index is 2.22. The van der Waals surface area contributed by atoms with Crippen LogP contribution in [0.15, 0.2) is 39.5 Å². The molecule has 2 rings (SSSR count). The maximum Gasteiger partial charge on any atom is 0.336 e. The molecule has 1 heterocycles. The number of halogens is 1. The molecular formula is C13H13ClO3. The summed E-state index contributed by atoms with van der Waals surface area (Å²) in [6.07, 6.45) is 0. The van der Waals surface area contributed by atoms with E-state index in [1.165, 1.54) is 6.07 Å². The van der Waals surface area contributed by atoms with Crippen LogP contribution in [0.25, 0.3) is 11.0 Å². The maximum absolute atomic E-state index is 11.1. The van der Waals surface area contributed by atoms with Gasteiger partial charge in [-0.05, 0) is 18.2 Å². The molecule has 4 heteroatoms. The Morgan fingerprint density at radius 3 is 2.88 bits per heavy atom. The number of rotatable bonds is 4. The first-order chi connectivity index (χ1) is 8.19. The molecule has 0 radical (unpaired) electrons. The molecule has 0 fully saturated rings. The van der Waals surface area contributed by atoms with E-state index in [0.29, 0.717) is 23.8 Å². The van der Waals surface area contributed by atoms with Crippen LogP contribution in [0.3, 0.4) is 0 Å². The Labute approximate surface area is 104 Å². The van der Waals surface area contributed by atoms with Crippen molar-refractivity contribution in [3.63, 3.8) is 0 Å². The molecule has 1 atom stereocenters. The lowest BCUT2D eigenvalue weighted by Crippen LogP contribution is -2.09. The number of benzene rings is 1. The second-order valence-electron chi connectivity index (χ2n) is 4.02. The monoisotopic (exact) mass is 252 g/mol. The third kappa shape index (κ3) is 3.01. The molecule has 0 aliphatic heterocycles. The summed E-state index contributed by atoms with van der Waals surface area (Å²) in [5.41, 5.74) is 0.178. The van der Waals surface area contributed by atoms with Gasteiger partial charge in [-0.15, -0.1) is 11.6 Å². The smallest absolute Gasteiger partial charge is 0.336 e. The SMILES string of the molecule is CC(CCl)COc1ccc2ccc(=O)oc2c1. The van der Waals surface area contributed by atoms with E-state index in [-0.39, 0.29) is 11.5 Å². The van der Waals surface area contributed by atoms with Gasteiger partial charge < -0.3 is 9.15 Å². The molecule has 90 valence electrons. The van der Waals surface area contributed by atoms with Crippen LogP contribution in [0.2, 0.25) is 0 Å². The van der Waals surface area contributed by atoms with Gasteiger partial charge in [-0.25, -0.2) is 4.79 Å². The molecule has 2 aromatic rings. The summed E-state index contributed by atoms with van der Waals surface area (Å²) in [5.74, 6) is 1.53. The molecule has 0 saturated heterocycles. The first kappa shape index (κ1) is 12.0. The van der Waals surface area contributed by atoms with E-state index in [1.54, 1.807) is 12.1 Å². The molecule has 0 saturated carbocycles. The van der Waals surface area contributed by atoms with Crippen LogP contribution in [0.1, 0.15) is 6.92 Å². The van der Waals surface area contributed by atoms with Gasteiger partial charge >= 0.3 is 5.63 Å². The molecule has 3 nitrogen and oxygen atoms in total. The highest BCUT2D eigenvalue weighted by atomic mass is 35.5. The van der Waals surface area contributed by atoms with Gasteiger partial charge in [0.15, 0.2) is 0 Å². The van der Waals surface area contributed by atoms with Gasteiger partial charge in [-0.3, -0.25) is 0 Å². The average Bonchev–Trinajstić information content (AvgIpc) is 2.35. The lowest BCUT2D eigenvalue weighted by Gasteiger charge is -2.10. The van der Waals surface area contributed by atoms with Crippen LogP contribution in [0, 0.1) is 5.92 Å². The number of alkyl halides is 1. The Kier molecular flexibility index (Phi) is 3.69. The Bertz CT molecular complexity index is 562. The molecule has 1 aromatic carbocycles. The molecule has 17 heavy (non-hydrogen) atoms. The van der Waals surface area contributed by atoms with Crippen molar-refractivity contribution in [3.8, 4) is 5.75 Å². The van der Waals surface area contributed by atoms with Crippen LogP contribution in [0.5, 0.6) is 5.75 Å². The number of hydrogen-bond acceptors (Lipinski definition) is 3. The fourth-order valence-electron chi connectivity index (χ4n) is 1.41. The van der Waals surface area contributed by atoms with Gasteiger partial charge in [-0.2, -0.15) is 0 Å². The zero-order valence-electron chi connectivity index (χ0n) is 9.48. The van der Waals surface area contributed by atoms with E-state index in [4.69, 9.17) is 20.8 Å². The van der Waals surface area contributed by atoms with Crippen molar-refractivity contribution in [1.29, 1.82) is 0 Å². The first-order valence-electron chi connectivity index (χ1n) is 5.41. The lowest BCUT2D eigenvalue weighted by molar-refractivity contribution is 0.272. The van der Waals surface area contributed by atoms with Crippen LogP contribution in [-0.4, -0.2) is 12.5 Å². The zero-order valence-corrected chi connectivity index (χ0v) is 10.2. The molecule has 0 bridgehead atoms. The minimum Gasteiger partial charge on any atom is -0.493 e. The summed E-state index contributed by atoms with van der Waals surface area (Å²) in [6, 6.07) is 8.56. The van der Waals surface area contributed by atoms with Crippen LogP contribution in [0.4, 0.5) is 0 Å². The molecule has 0 amide bonds. The summed E-state index contributed by atoms with van der Waals surface area (Å²) in [4.78, 5) is 11.1. The predicted octanol–water partition coefficient (Wildman–Crippen LogP) is 3.05. The number of hydrogen-bond donors (Lipinski definition) is 0. The molecule has 1 aromatic heterocycles. The van der Waals surface area contributed by atoms with Crippen molar-refractivity contribution < 1.29 is 9.15 Å². The highest BCUT2D eigenvalue weighted by Gasteiger charge is 2.03. The largest absolute Gasteiger partial charge is 0.493 e. The van der Waals surface area contributed by atoms with Crippen LogP contribution < -0.4 is 10.4 Å². The van der Waals surface area contributed by atoms with Gasteiger partial charge in [0.25, 0.3) is 0 Å². The van der Waals surface area contributed by atoms with Crippen molar-refractivity contribution in [2.24, 2.45) is 5.92 Å². The van der Waals surface area contributed by atoms with Crippen molar-refractivity contribution in [1.82, 2.24) is 0 Å². The summed E-state index contributed by atoms with van der Waals surface area (Å²) in [7, 11) is 0. The summed E-state index contributed by atoms with van der Waals surface area (Å²) in [5, 5.41) is 0.877. The number of fused-ring (bicyclic) bond motifs is 1. The Hall–Kier alpha value is -1.48. The van der Waals surface area contributed by atoms with Gasteiger partial charge in [0.2, 0.25) is 0 Å². The van der Waals surface area contributed by atoms with Crippen molar-refractivity contribution in [3.05, 3.63) is 40.8 Å². The van der Waals surface area contributed by atoms with Gasteiger partial charge in [-0.1, -0.05) is 6.92 Å². The Morgan fingerprint density at radius 2 is 2.12 bits per heavy atom. The molecule has 0 aliphatic carbocycles. The topological polar surface area (TPSA) is 39.4 Å². The van der Waals surface area contributed by atoms with E-state index >= 15 is 0 Å². The van der Waals surface area contributed by atoms with E-state index in [9.17, 15) is 4.79 Å². The lowest BCUT2D eigenvalue weighted by atomic mass is 10.2. The van der Waals surface area contributed by atoms with Crippen LogP contribution >= 0.6 is 11.6 Å². The number of ether oxygens (including phenoxy) is 1. The average molecular weight is 253 g/mol. The normalized spacial score (nSPS) is 12.6. The summed E-state index contributed by atoms with van der Waals surface area (Å²) < 4.78 is 10.6. The zero-order chi connectivity index (χ0) is 12.3. The molecule has 1 unspecified atom stereocenters. The van der Waals surface area contributed by atoms with E-state index in [2.05, 4.69) is 0 Å². The maximum atomic E-state index is 11.1. The molecule has 0 aliphatic rings. The second-order valence-corrected chi connectivity index (χ2v) is 4.33. The summed E-state index contributed by atoms with van der Waals surface area (Å²) in [6.45, 7) is 2.56. The van der Waals surface area contributed by atoms with Gasteiger partial charge in [0.05, 0.1) is 6.61 Å². The van der Waals surface area contributed by atoms with Crippen molar-refractivity contribution >= 4 is 22.6 Å². The first-order valence-corrected chi connectivity index (χ1v) is 5.95. The van der Waals surface area contributed by atoms with Crippen molar-refractivity contribution in [2.75, 3.05) is 12.5 Å².